The third kappa shape index (κ3) is 5.41. The van der Waals surface area contributed by atoms with E-state index in [4.69, 9.17) is 4.74 Å². The van der Waals surface area contributed by atoms with E-state index >= 15 is 0 Å². The lowest BCUT2D eigenvalue weighted by atomic mass is 9.95. The summed E-state index contributed by atoms with van der Waals surface area (Å²) in [6, 6.07) is 9.71. The molecule has 2 aromatic rings. The highest BCUT2D eigenvalue weighted by molar-refractivity contribution is 7.15. The SMILES string of the molecule is COCCN(Cc1cnc(N(C)C)s1)CC1CCCN(C2Cc3ccccc3C2)C1. The van der Waals surface area contributed by atoms with Gasteiger partial charge in [0.2, 0.25) is 0 Å². The maximum Gasteiger partial charge on any atom is 0.185 e. The molecule has 30 heavy (non-hydrogen) atoms. The minimum absolute atomic E-state index is 0.696. The van der Waals surface area contributed by atoms with Crippen LogP contribution in [0.25, 0.3) is 0 Å². The smallest absolute Gasteiger partial charge is 0.185 e. The van der Waals surface area contributed by atoms with Gasteiger partial charge in [-0.3, -0.25) is 9.80 Å². The summed E-state index contributed by atoms with van der Waals surface area (Å²) < 4.78 is 5.41. The van der Waals surface area contributed by atoms with Crippen LogP contribution in [0.2, 0.25) is 0 Å². The second kappa shape index (κ2) is 10.2. The van der Waals surface area contributed by atoms with E-state index < -0.39 is 0 Å². The molecule has 0 amide bonds. The second-order valence-corrected chi connectivity index (χ2v) is 10.2. The minimum atomic E-state index is 0.696. The predicted molar refractivity (Wildman–Crippen MR) is 126 cm³/mol. The van der Waals surface area contributed by atoms with Crippen LogP contribution in [0, 0.1) is 5.92 Å². The van der Waals surface area contributed by atoms with Crippen LogP contribution in [-0.2, 0) is 24.1 Å². The van der Waals surface area contributed by atoms with Crippen LogP contribution in [0.5, 0.6) is 0 Å². The fraction of sp³-hybridized carbons (Fsp3) is 0.625. The number of ether oxygens (including phenoxy) is 1. The molecule has 2 aliphatic rings. The molecule has 1 atom stereocenters. The molecule has 1 saturated heterocycles. The number of likely N-dealkylation sites (tertiary alicyclic amines) is 1. The molecule has 1 fully saturated rings. The number of piperidine rings is 1. The van der Waals surface area contributed by atoms with Gasteiger partial charge in [0.05, 0.1) is 6.61 Å². The Bertz CT molecular complexity index is 783. The Morgan fingerprint density at radius 1 is 1.20 bits per heavy atom. The Hall–Kier alpha value is -1.47. The Morgan fingerprint density at radius 3 is 2.63 bits per heavy atom. The van der Waals surface area contributed by atoms with Crippen molar-refractivity contribution >= 4 is 16.5 Å². The van der Waals surface area contributed by atoms with Crippen LogP contribution >= 0.6 is 11.3 Å². The molecule has 1 aliphatic carbocycles. The molecule has 1 unspecified atom stereocenters. The van der Waals surface area contributed by atoms with Gasteiger partial charge < -0.3 is 9.64 Å². The van der Waals surface area contributed by atoms with Crippen molar-refractivity contribution in [3.8, 4) is 0 Å². The summed E-state index contributed by atoms with van der Waals surface area (Å²) in [7, 11) is 5.92. The molecule has 0 N–H and O–H groups in total. The summed E-state index contributed by atoms with van der Waals surface area (Å²) >= 11 is 1.80. The van der Waals surface area contributed by atoms with Crippen molar-refractivity contribution in [1.29, 1.82) is 0 Å². The van der Waals surface area contributed by atoms with Gasteiger partial charge in [-0.15, -0.1) is 11.3 Å². The van der Waals surface area contributed by atoms with Crippen LogP contribution in [0.4, 0.5) is 5.13 Å². The van der Waals surface area contributed by atoms with Gasteiger partial charge in [-0.05, 0) is 49.3 Å². The highest BCUT2D eigenvalue weighted by Crippen LogP contribution is 2.29. The van der Waals surface area contributed by atoms with E-state index in [1.54, 1.807) is 29.6 Å². The van der Waals surface area contributed by atoms with Crippen LogP contribution < -0.4 is 4.90 Å². The summed E-state index contributed by atoms with van der Waals surface area (Å²) in [6.07, 6.45) is 7.16. The molecule has 0 radical (unpaired) electrons. The third-order valence-corrected chi connectivity index (χ3v) is 7.68. The van der Waals surface area contributed by atoms with Crippen LogP contribution in [-0.4, -0.2) is 74.8 Å². The number of rotatable bonds is 9. The van der Waals surface area contributed by atoms with Crippen molar-refractivity contribution < 1.29 is 4.74 Å². The van der Waals surface area contributed by atoms with Crippen molar-refractivity contribution in [2.75, 3.05) is 58.9 Å². The Balaban J connectivity index is 1.35. The summed E-state index contributed by atoms with van der Waals surface area (Å²) in [6.45, 7) is 6.38. The largest absolute Gasteiger partial charge is 0.383 e. The number of hydrogen-bond donors (Lipinski definition) is 0. The summed E-state index contributed by atoms with van der Waals surface area (Å²) in [4.78, 5) is 13.3. The predicted octanol–water partition coefficient (Wildman–Crippen LogP) is 3.54. The second-order valence-electron chi connectivity index (χ2n) is 9.07. The lowest BCUT2D eigenvalue weighted by Crippen LogP contribution is -2.46. The molecule has 5 nitrogen and oxygen atoms in total. The van der Waals surface area contributed by atoms with Crippen molar-refractivity contribution in [3.63, 3.8) is 0 Å². The number of benzene rings is 1. The van der Waals surface area contributed by atoms with Gasteiger partial charge in [0.15, 0.2) is 5.13 Å². The monoisotopic (exact) mass is 428 g/mol. The van der Waals surface area contributed by atoms with Crippen molar-refractivity contribution in [3.05, 3.63) is 46.5 Å². The number of aromatic nitrogens is 1. The van der Waals surface area contributed by atoms with E-state index in [1.807, 2.05) is 6.20 Å². The quantitative estimate of drug-likeness (QED) is 0.610. The number of methoxy groups -OCH3 is 1. The zero-order chi connectivity index (χ0) is 20.9. The van der Waals surface area contributed by atoms with E-state index in [0.717, 1.165) is 37.3 Å². The molecule has 1 aromatic carbocycles. The fourth-order valence-corrected chi connectivity index (χ4v) is 5.86. The first-order valence-electron chi connectivity index (χ1n) is 11.3. The van der Waals surface area contributed by atoms with Crippen LogP contribution in [0.15, 0.2) is 30.5 Å². The van der Waals surface area contributed by atoms with Crippen molar-refractivity contribution in [2.45, 2.75) is 38.3 Å². The Kier molecular flexibility index (Phi) is 7.41. The van der Waals surface area contributed by atoms with E-state index in [2.05, 4.69) is 58.0 Å². The third-order valence-electron chi connectivity index (χ3n) is 6.53. The van der Waals surface area contributed by atoms with Gasteiger partial charge in [-0.1, -0.05) is 24.3 Å². The molecule has 1 aromatic heterocycles. The normalized spacial score (nSPS) is 20.1. The molecule has 0 saturated carbocycles. The number of hydrogen-bond acceptors (Lipinski definition) is 6. The van der Waals surface area contributed by atoms with Crippen molar-refractivity contribution in [1.82, 2.24) is 14.8 Å². The zero-order valence-electron chi connectivity index (χ0n) is 18.7. The lowest BCUT2D eigenvalue weighted by molar-refractivity contribution is 0.0847. The number of thiazole rings is 1. The highest BCUT2D eigenvalue weighted by Gasteiger charge is 2.31. The van der Waals surface area contributed by atoms with E-state index in [1.165, 1.54) is 43.6 Å². The molecule has 164 valence electrons. The lowest BCUT2D eigenvalue weighted by Gasteiger charge is -2.38. The van der Waals surface area contributed by atoms with Gasteiger partial charge in [-0.2, -0.15) is 0 Å². The minimum Gasteiger partial charge on any atom is -0.383 e. The molecule has 0 spiro atoms. The molecular weight excluding hydrogens is 392 g/mol. The van der Waals surface area contributed by atoms with E-state index in [-0.39, 0.29) is 0 Å². The molecule has 4 rings (SSSR count). The zero-order valence-corrected chi connectivity index (χ0v) is 19.5. The first-order valence-corrected chi connectivity index (χ1v) is 12.1. The summed E-state index contributed by atoms with van der Waals surface area (Å²) in [5.74, 6) is 0.737. The Labute approximate surface area is 185 Å². The summed E-state index contributed by atoms with van der Waals surface area (Å²) in [5, 5.41) is 1.08. The van der Waals surface area contributed by atoms with Gasteiger partial charge >= 0.3 is 0 Å². The van der Waals surface area contributed by atoms with E-state index in [0.29, 0.717) is 6.04 Å². The van der Waals surface area contributed by atoms with E-state index in [9.17, 15) is 0 Å². The number of anilines is 1. The van der Waals surface area contributed by atoms with Gasteiger partial charge in [-0.25, -0.2) is 4.98 Å². The summed E-state index contributed by atoms with van der Waals surface area (Å²) in [5.41, 5.74) is 3.13. The molecule has 2 heterocycles. The average molecular weight is 429 g/mol. The van der Waals surface area contributed by atoms with Crippen LogP contribution in [0.3, 0.4) is 0 Å². The number of fused-ring (bicyclic) bond motifs is 1. The topological polar surface area (TPSA) is 31.8 Å². The molecule has 1 aliphatic heterocycles. The Morgan fingerprint density at radius 2 is 1.97 bits per heavy atom. The standard InChI is InChI=1S/C24H36N4OS/c1-26(2)24-25-15-23(30-24)18-27(11-12-29-3)16-19-7-6-10-28(17-19)22-13-20-8-4-5-9-21(20)14-22/h4-5,8-9,15,19,22H,6-7,10-14,16-18H2,1-3H3. The number of nitrogens with zero attached hydrogens (tertiary/aromatic N) is 4. The van der Waals surface area contributed by atoms with Gasteiger partial charge in [0.1, 0.15) is 0 Å². The molecule has 6 heteroatoms. The maximum absolute atomic E-state index is 5.41. The van der Waals surface area contributed by atoms with Gasteiger partial charge in [0, 0.05) is 64.5 Å². The van der Waals surface area contributed by atoms with Crippen LogP contribution in [0.1, 0.15) is 28.8 Å². The fourth-order valence-electron chi connectivity index (χ4n) is 4.99. The average Bonchev–Trinajstić information content (AvgIpc) is 3.39. The van der Waals surface area contributed by atoms with Gasteiger partial charge in [0.25, 0.3) is 0 Å². The molecule has 0 bridgehead atoms. The first kappa shape index (κ1) is 21.8. The molecular formula is C24H36N4OS. The van der Waals surface area contributed by atoms with Crippen molar-refractivity contribution in [2.24, 2.45) is 5.92 Å². The maximum atomic E-state index is 5.41. The highest BCUT2D eigenvalue weighted by atomic mass is 32.1. The first-order chi connectivity index (χ1) is 14.6.